The van der Waals surface area contributed by atoms with E-state index in [1.807, 2.05) is 27.7 Å². The first-order valence-corrected chi connectivity index (χ1v) is 17.7. The summed E-state index contributed by atoms with van der Waals surface area (Å²) in [6.45, 7) is 13.7. The minimum absolute atomic E-state index is 0.000888. The number of rotatable bonds is 13. The molecule has 5 amide bonds. The van der Waals surface area contributed by atoms with E-state index in [1.165, 1.54) is 13.8 Å². The maximum absolute atomic E-state index is 14.6. The minimum atomic E-state index is -1.06. The Morgan fingerprint density at radius 3 is 2.18 bits per heavy atom. The van der Waals surface area contributed by atoms with Crippen molar-refractivity contribution in [1.82, 2.24) is 31.2 Å². The third-order valence-corrected chi connectivity index (χ3v) is 10.2. The molecule has 2 aliphatic carbocycles. The van der Waals surface area contributed by atoms with Crippen molar-refractivity contribution in [3.63, 3.8) is 0 Å². The molecule has 4 rings (SSSR count). The number of amides is 5. The second-order valence-electron chi connectivity index (χ2n) is 15.3. The number of fused-ring (bicyclic) bond motifs is 1. The van der Waals surface area contributed by atoms with Crippen LogP contribution in [0.15, 0.2) is 0 Å². The first-order chi connectivity index (χ1) is 23.0. The van der Waals surface area contributed by atoms with Gasteiger partial charge in [-0.3, -0.25) is 33.6 Å². The Bertz CT molecular complexity index is 1490. The highest BCUT2D eigenvalue weighted by Crippen LogP contribution is 2.41. The van der Waals surface area contributed by atoms with Crippen LogP contribution in [0.25, 0.3) is 0 Å². The summed E-state index contributed by atoms with van der Waals surface area (Å²) in [5.41, 5.74) is 0.886. The third kappa shape index (κ3) is 8.59. The molecule has 1 saturated heterocycles. The van der Waals surface area contributed by atoms with Crippen LogP contribution in [0.5, 0.6) is 0 Å². The Kier molecular flexibility index (Phi) is 11.8. The van der Waals surface area contributed by atoms with Crippen molar-refractivity contribution in [2.75, 3.05) is 0 Å². The van der Waals surface area contributed by atoms with Gasteiger partial charge in [-0.05, 0) is 83.1 Å². The van der Waals surface area contributed by atoms with Gasteiger partial charge < -0.3 is 31.2 Å². The lowest BCUT2D eigenvalue weighted by Gasteiger charge is -2.40. The summed E-state index contributed by atoms with van der Waals surface area (Å²) in [7, 11) is 0. The van der Waals surface area contributed by atoms with Gasteiger partial charge in [-0.1, -0.05) is 47.0 Å². The second kappa shape index (κ2) is 15.2. The van der Waals surface area contributed by atoms with E-state index in [2.05, 4.69) is 26.3 Å². The number of aromatic amines is 1. The molecule has 2 saturated carbocycles. The van der Waals surface area contributed by atoms with Crippen molar-refractivity contribution >= 4 is 41.1 Å². The zero-order valence-electron chi connectivity index (χ0n) is 30.2. The maximum atomic E-state index is 14.6. The Labute approximate surface area is 288 Å². The maximum Gasteiger partial charge on any atom is 0.289 e. The van der Waals surface area contributed by atoms with Gasteiger partial charge in [0.15, 0.2) is 5.78 Å². The van der Waals surface area contributed by atoms with Crippen LogP contribution in [0.1, 0.15) is 131 Å². The summed E-state index contributed by atoms with van der Waals surface area (Å²) >= 11 is 0. The molecule has 2 heterocycles. The van der Waals surface area contributed by atoms with Crippen LogP contribution in [-0.4, -0.2) is 87.2 Å². The predicted octanol–water partition coefficient (Wildman–Crippen LogP) is 2.78. The van der Waals surface area contributed by atoms with Gasteiger partial charge in [0.25, 0.3) is 11.8 Å². The van der Waals surface area contributed by atoms with Crippen LogP contribution >= 0.6 is 0 Å². The lowest BCUT2D eigenvalue weighted by molar-refractivity contribution is -0.147. The fourth-order valence-corrected chi connectivity index (χ4v) is 7.21. The first-order valence-electron chi connectivity index (χ1n) is 17.7. The smallest absolute Gasteiger partial charge is 0.289 e. The zero-order chi connectivity index (χ0) is 36.4. The molecule has 13 heteroatoms. The molecule has 0 bridgehead atoms. The molecule has 1 aromatic rings. The fraction of sp³-hybridized carbons (Fsp3) is 0.694. The molecule has 0 radical (unpaired) electrons. The van der Waals surface area contributed by atoms with Gasteiger partial charge >= 0.3 is 0 Å². The van der Waals surface area contributed by atoms with E-state index in [4.69, 9.17) is 0 Å². The average molecular weight is 683 g/mol. The van der Waals surface area contributed by atoms with Gasteiger partial charge in [-0.2, -0.15) is 0 Å². The Hall–Kier alpha value is -4.03. The summed E-state index contributed by atoms with van der Waals surface area (Å²) in [5, 5.41) is 11.0. The summed E-state index contributed by atoms with van der Waals surface area (Å²) in [6, 6.07) is -4.19. The van der Waals surface area contributed by atoms with Gasteiger partial charge in [0.05, 0.1) is 11.6 Å². The lowest BCUT2D eigenvalue weighted by atomic mass is 9.83. The summed E-state index contributed by atoms with van der Waals surface area (Å²) in [4.78, 5) is 97.8. The minimum Gasteiger partial charge on any atom is -0.354 e. The molecule has 1 aliphatic heterocycles. The molecule has 1 aromatic heterocycles. The number of H-pyrrole nitrogens is 1. The molecule has 3 aliphatic rings. The van der Waals surface area contributed by atoms with Crippen molar-refractivity contribution in [2.24, 2.45) is 11.3 Å². The quantitative estimate of drug-likeness (QED) is 0.156. The number of likely N-dealkylation sites (tertiary alicyclic amines) is 1. The molecular formula is C36H54N6O7. The van der Waals surface area contributed by atoms with Crippen LogP contribution in [0.2, 0.25) is 0 Å². The van der Waals surface area contributed by atoms with Gasteiger partial charge in [-0.25, -0.2) is 0 Å². The summed E-state index contributed by atoms with van der Waals surface area (Å²) in [6.07, 6.45) is 6.39. The zero-order valence-corrected chi connectivity index (χ0v) is 30.2. The molecule has 270 valence electrons. The summed E-state index contributed by atoms with van der Waals surface area (Å²) < 4.78 is 0. The van der Waals surface area contributed by atoms with Gasteiger partial charge in [0.2, 0.25) is 23.5 Å². The van der Waals surface area contributed by atoms with E-state index in [9.17, 15) is 33.6 Å². The third-order valence-electron chi connectivity index (χ3n) is 10.2. The standard InChI is InChI=1S/C36H54N6O7/c1-9-12-24(29(44)34(48)39-23-15-16-23)40-32(46)26-17-22-13-10-11-14-25(22)42(26)35(49)30(36(6,7)8)41-31(45)20(4)38-33(47)28-27(21(5)43)18(2)19(3)37-28/h20,22-26,30,37H,9-17H2,1-8H3,(H,38,47)(H,39,48)(H,40,46)(H,41,45)/t20-,22?,24-,25?,26-,30+/m0/s1. The molecule has 13 nitrogen and oxygen atoms in total. The van der Waals surface area contributed by atoms with Crippen LogP contribution in [-0.2, 0) is 24.0 Å². The number of nitrogens with one attached hydrogen (secondary N) is 5. The Balaban J connectivity index is 1.53. The normalized spacial score (nSPS) is 22.3. The number of carbonyl (C=O) groups is 7. The monoisotopic (exact) mass is 682 g/mol. The van der Waals surface area contributed by atoms with Gasteiger partial charge in [0, 0.05) is 17.8 Å². The Morgan fingerprint density at radius 2 is 1.59 bits per heavy atom. The van der Waals surface area contributed by atoms with Crippen molar-refractivity contribution in [2.45, 2.75) is 149 Å². The molecule has 2 unspecified atom stereocenters. The largest absolute Gasteiger partial charge is 0.354 e. The Morgan fingerprint density at radius 1 is 0.939 bits per heavy atom. The molecule has 5 N–H and O–H groups in total. The summed E-state index contributed by atoms with van der Waals surface area (Å²) in [5.74, 6) is -3.69. The van der Waals surface area contributed by atoms with Crippen molar-refractivity contribution < 1.29 is 33.6 Å². The highest BCUT2D eigenvalue weighted by Gasteiger charge is 2.51. The van der Waals surface area contributed by atoms with E-state index in [0.717, 1.165) is 32.1 Å². The lowest BCUT2D eigenvalue weighted by Crippen LogP contribution is -2.62. The topological polar surface area (TPSA) is 187 Å². The van der Waals surface area contributed by atoms with E-state index in [0.29, 0.717) is 30.5 Å². The van der Waals surface area contributed by atoms with Crippen LogP contribution < -0.4 is 21.3 Å². The van der Waals surface area contributed by atoms with Crippen LogP contribution in [0, 0.1) is 25.2 Å². The molecule has 3 fully saturated rings. The van der Waals surface area contributed by atoms with E-state index < -0.39 is 64.9 Å². The number of hydrogen-bond acceptors (Lipinski definition) is 7. The van der Waals surface area contributed by atoms with Crippen molar-refractivity contribution in [3.05, 3.63) is 22.5 Å². The molecule has 0 spiro atoms. The number of aryl methyl sites for hydroxylation is 1. The average Bonchev–Trinajstić information content (AvgIpc) is 3.67. The molecular weight excluding hydrogens is 628 g/mol. The van der Waals surface area contributed by atoms with E-state index >= 15 is 0 Å². The highest BCUT2D eigenvalue weighted by atomic mass is 16.2. The molecule has 6 atom stereocenters. The highest BCUT2D eigenvalue weighted by molar-refractivity contribution is 6.38. The van der Waals surface area contributed by atoms with Crippen LogP contribution in [0.4, 0.5) is 0 Å². The van der Waals surface area contributed by atoms with Crippen molar-refractivity contribution in [1.29, 1.82) is 0 Å². The fourth-order valence-electron chi connectivity index (χ4n) is 7.21. The van der Waals surface area contributed by atoms with E-state index in [-0.39, 0.29) is 41.5 Å². The van der Waals surface area contributed by atoms with Crippen molar-refractivity contribution in [3.8, 4) is 0 Å². The van der Waals surface area contributed by atoms with Gasteiger partial charge in [0.1, 0.15) is 23.8 Å². The predicted molar refractivity (Wildman–Crippen MR) is 183 cm³/mol. The SMILES string of the molecule is CCC[C@H](NC(=O)[C@@H]1CC2CCCCC2N1C(=O)[C@@H](NC(=O)[C@H](C)NC(=O)c1[nH]c(C)c(C)c1C(C)=O)C(C)(C)C)C(=O)C(=O)NC1CC1. The van der Waals surface area contributed by atoms with E-state index in [1.54, 1.807) is 18.7 Å². The first kappa shape index (κ1) is 37.8. The number of nitrogens with zero attached hydrogens (tertiary/aromatic N) is 1. The number of Topliss-reactive ketones (excluding diaryl/α,β-unsaturated/α-hetero) is 2. The molecule has 49 heavy (non-hydrogen) atoms. The van der Waals surface area contributed by atoms with Crippen LogP contribution in [0.3, 0.4) is 0 Å². The van der Waals surface area contributed by atoms with Gasteiger partial charge in [-0.15, -0.1) is 0 Å². The second-order valence-corrected chi connectivity index (χ2v) is 15.3. The number of ketones is 2. The number of carbonyl (C=O) groups excluding carboxylic acids is 7. The molecule has 0 aromatic carbocycles. The number of hydrogen-bond donors (Lipinski definition) is 5. The number of aromatic nitrogens is 1.